The predicted molar refractivity (Wildman–Crippen MR) is 94.3 cm³/mol. The molecular formula is C20H21FN2O3. The average molecular weight is 356 g/mol. The van der Waals surface area contributed by atoms with Crippen molar-refractivity contribution in [3.05, 3.63) is 65.0 Å². The summed E-state index contributed by atoms with van der Waals surface area (Å²) in [5, 5.41) is 0. The maximum atomic E-state index is 13.9. The molecule has 26 heavy (non-hydrogen) atoms. The summed E-state index contributed by atoms with van der Waals surface area (Å²) in [5.41, 5.74) is 2.31. The maximum absolute atomic E-state index is 13.9. The number of hydrogen-bond donors (Lipinski definition) is 0. The quantitative estimate of drug-likeness (QED) is 0.848. The van der Waals surface area contributed by atoms with E-state index in [0.29, 0.717) is 31.8 Å². The Morgan fingerprint density at radius 1 is 1.08 bits per heavy atom. The zero-order chi connectivity index (χ0) is 17.9. The molecule has 5 nitrogen and oxygen atoms in total. The third kappa shape index (κ3) is 3.57. The highest BCUT2D eigenvalue weighted by Crippen LogP contribution is 2.30. The van der Waals surface area contributed by atoms with Crippen molar-refractivity contribution in [2.75, 3.05) is 33.0 Å². The fourth-order valence-electron chi connectivity index (χ4n) is 3.49. The summed E-state index contributed by atoms with van der Waals surface area (Å²) in [7, 11) is 0. The lowest BCUT2D eigenvalue weighted by Gasteiger charge is -2.35. The van der Waals surface area contributed by atoms with E-state index >= 15 is 0 Å². The number of hydrogen-bond acceptors (Lipinski definition) is 4. The second kappa shape index (κ2) is 7.43. The number of piperazine rings is 1. The third-order valence-corrected chi connectivity index (χ3v) is 4.83. The molecule has 1 amide bonds. The molecule has 0 saturated carbocycles. The summed E-state index contributed by atoms with van der Waals surface area (Å²) in [5.74, 6) is 0.528. The molecule has 6 heteroatoms. The summed E-state index contributed by atoms with van der Waals surface area (Å²) >= 11 is 0. The van der Waals surface area contributed by atoms with E-state index in [4.69, 9.17) is 9.47 Å². The molecule has 0 aromatic heterocycles. The molecule has 2 aromatic rings. The van der Waals surface area contributed by atoms with Crippen LogP contribution in [0, 0.1) is 5.82 Å². The van der Waals surface area contributed by atoms with Crippen LogP contribution in [0.4, 0.5) is 4.39 Å². The Hall–Kier alpha value is -2.44. The summed E-state index contributed by atoms with van der Waals surface area (Å²) in [6.45, 7) is 4.00. The third-order valence-electron chi connectivity index (χ3n) is 4.83. The molecule has 2 aliphatic rings. The SMILES string of the molecule is O=C(c1ccccc1)N1CCN(Cc2cc(F)cc3c2OCOC3)CC1. The lowest BCUT2D eigenvalue weighted by atomic mass is 10.1. The second-order valence-corrected chi connectivity index (χ2v) is 6.60. The Kier molecular flexibility index (Phi) is 4.86. The molecule has 136 valence electrons. The minimum atomic E-state index is -0.272. The number of carbonyl (C=O) groups is 1. The van der Waals surface area contributed by atoms with Crippen molar-refractivity contribution in [2.45, 2.75) is 13.2 Å². The van der Waals surface area contributed by atoms with Crippen LogP contribution in [-0.2, 0) is 17.9 Å². The minimum absolute atomic E-state index is 0.0638. The molecule has 2 aromatic carbocycles. The standard InChI is InChI=1S/C20H21FN2O3/c21-18-10-16(19-17(11-18)13-25-14-26-19)12-22-6-8-23(9-7-22)20(24)15-4-2-1-3-5-15/h1-5,10-11H,6-9,12-14H2. The Bertz CT molecular complexity index is 789. The molecule has 4 rings (SSSR count). The van der Waals surface area contributed by atoms with Crippen molar-refractivity contribution in [1.82, 2.24) is 9.80 Å². The first-order chi connectivity index (χ1) is 12.7. The van der Waals surface area contributed by atoms with E-state index in [1.165, 1.54) is 12.1 Å². The zero-order valence-corrected chi connectivity index (χ0v) is 14.5. The van der Waals surface area contributed by atoms with E-state index < -0.39 is 0 Å². The van der Waals surface area contributed by atoms with Gasteiger partial charge in [0, 0.05) is 49.4 Å². The summed E-state index contributed by atoms with van der Waals surface area (Å²) in [4.78, 5) is 16.6. The smallest absolute Gasteiger partial charge is 0.253 e. The van der Waals surface area contributed by atoms with Crippen molar-refractivity contribution in [2.24, 2.45) is 0 Å². The van der Waals surface area contributed by atoms with E-state index in [9.17, 15) is 9.18 Å². The molecule has 0 atom stereocenters. The molecule has 0 N–H and O–H groups in total. The largest absolute Gasteiger partial charge is 0.467 e. The number of ether oxygens (including phenoxy) is 2. The van der Waals surface area contributed by atoms with Gasteiger partial charge in [-0.15, -0.1) is 0 Å². The van der Waals surface area contributed by atoms with Crippen LogP contribution in [0.15, 0.2) is 42.5 Å². The Morgan fingerprint density at radius 2 is 1.85 bits per heavy atom. The van der Waals surface area contributed by atoms with Crippen LogP contribution in [-0.4, -0.2) is 48.7 Å². The van der Waals surface area contributed by atoms with Gasteiger partial charge in [0.25, 0.3) is 5.91 Å². The van der Waals surface area contributed by atoms with Gasteiger partial charge < -0.3 is 14.4 Å². The Balaban J connectivity index is 1.40. The molecular weight excluding hydrogens is 335 g/mol. The van der Waals surface area contributed by atoms with Crippen LogP contribution < -0.4 is 4.74 Å². The van der Waals surface area contributed by atoms with Gasteiger partial charge in [0.15, 0.2) is 6.79 Å². The lowest BCUT2D eigenvalue weighted by Crippen LogP contribution is -2.48. The summed E-state index contributed by atoms with van der Waals surface area (Å²) in [6, 6.07) is 12.3. The van der Waals surface area contributed by atoms with Crippen molar-refractivity contribution >= 4 is 5.91 Å². The number of benzene rings is 2. The van der Waals surface area contributed by atoms with Crippen LogP contribution in [0.1, 0.15) is 21.5 Å². The van der Waals surface area contributed by atoms with Crippen LogP contribution in [0.2, 0.25) is 0 Å². The van der Waals surface area contributed by atoms with Gasteiger partial charge in [0.1, 0.15) is 11.6 Å². The lowest BCUT2D eigenvalue weighted by molar-refractivity contribution is -0.0178. The van der Waals surface area contributed by atoms with Crippen molar-refractivity contribution in [3.63, 3.8) is 0 Å². The predicted octanol–water partition coefficient (Wildman–Crippen LogP) is 2.65. The van der Waals surface area contributed by atoms with E-state index in [-0.39, 0.29) is 18.5 Å². The number of amides is 1. The van der Waals surface area contributed by atoms with Gasteiger partial charge >= 0.3 is 0 Å². The van der Waals surface area contributed by atoms with E-state index in [1.54, 1.807) is 0 Å². The molecule has 0 bridgehead atoms. The van der Waals surface area contributed by atoms with Gasteiger partial charge in [-0.05, 0) is 24.3 Å². The maximum Gasteiger partial charge on any atom is 0.253 e. The summed E-state index contributed by atoms with van der Waals surface area (Å²) < 4.78 is 24.7. The normalized spacial score (nSPS) is 17.5. The number of nitrogens with zero attached hydrogens (tertiary/aromatic N) is 2. The van der Waals surface area contributed by atoms with E-state index in [1.807, 2.05) is 35.2 Å². The molecule has 2 aliphatic heterocycles. The fraction of sp³-hybridized carbons (Fsp3) is 0.350. The number of halogens is 1. The first-order valence-electron chi connectivity index (χ1n) is 8.79. The van der Waals surface area contributed by atoms with Gasteiger partial charge in [-0.3, -0.25) is 9.69 Å². The highest BCUT2D eigenvalue weighted by Gasteiger charge is 2.24. The minimum Gasteiger partial charge on any atom is -0.467 e. The van der Waals surface area contributed by atoms with Gasteiger partial charge in [0.05, 0.1) is 6.61 Å². The van der Waals surface area contributed by atoms with Crippen LogP contribution in [0.3, 0.4) is 0 Å². The van der Waals surface area contributed by atoms with E-state index in [2.05, 4.69) is 4.90 Å². The van der Waals surface area contributed by atoms with E-state index in [0.717, 1.165) is 30.0 Å². The number of fused-ring (bicyclic) bond motifs is 1. The Morgan fingerprint density at radius 3 is 2.62 bits per heavy atom. The summed E-state index contributed by atoms with van der Waals surface area (Å²) in [6.07, 6.45) is 0. The van der Waals surface area contributed by atoms with Crippen molar-refractivity contribution in [3.8, 4) is 5.75 Å². The molecule has 0 aliphatic carbocycles. The van der Waals surface area contributed by atoms with Gasteiger partial charge in [-0.2, -0.15) is 0 Å². The second-order valence-electron chi connectivity index (χ2n) is 6.60. The topological polar surface area (TPSA) is 42.0 Å². The fourth-order valence-corrected chi connectivity index (χ4v) is 3.49. The molecule has 1 fully saturated rings. The average Bonchev–Trinajstić information content (AvgIpc) is 2.68. The molecule has 0 unspecified atom stereocenters. The van der Waals surface area contributed by atoms with Crippen molar-refractivity contribution < 1.29 is 18.7 Å². The first-order valence-corrected chi connectivity index (χ1v) is 8.79. The first kappa shape index (κ1) is 17.0. The number of rotatable bonds is 3. The van der Waals surface area contributed by atoms with Gasteiger partial charge in [-0.25, -0.2) is 4.39 Å². The zero-order valence-electron chi connectivity index (χ0n) is 14.5. The molecule has 2 heterocycles. The van der Waals surface area contributed by atoms with Crippen molar-refractivity contribution in [1.29, 1.82) is 0 Å². The highest BCUT2D eigenvalue weighted by atomic mass is 19.1. The Labute approximate surface area is 151 Å². The molecule has 1 saturated heterocycles. The highest BCUT2D eigenvalue weighted by molar-refractivity contribution is 5.94. The van der Waals surface area contributed by atoms with Crippen LogP contribution >= 0.6 is 0 Å². The van der Waals surface area contributed by atoms with Gasteiger partial charge in [0.2, 0.25) is 0 Å². The number of carbonyl (C=O) groups excluding carboxylic acids is 1. The molecule has 0 radical (unpaired) electrons. The molecule has 0 spiro atoms. The van der Waals surface area contributed by atoms with Gasteiger partial charge in [-0.1, -0.05) is 18.2 Å². The van der Waals surface area contributed by atoms with Crippen LogP contribution in [0.25, 0.3) is 0 Å². The van der Waals surface area contributed by atoms with Crippen LogP contribution in [0.5, 0.6) is 5.75 Å². The monoisotopic (exact) mass is 356 g/mol.